The van der Waals surface area contributed by atoms with E-state index in [0.29, 0.717) is 12.1 Å². The van der Waals surface area contributed by atoms with Gasteiger partial charge in [-0.2, -0.15) is 0 Å². The summed E-state index contributed by atoms with van der Waals surface area (Å²) in [4.78, 5) is 2.36. The second-order valence-corrected chi connectivity index (χ2v) is 3.30. The van der Waals surface area contributed by atoms with Crippen LogP contribution in [0.15, 0.2) is 0 Å². The van der Waals surface area contributed by atoms with E-state index in [2.05, 4.69) is 25.3 Å². The average molecular weight is 141 g/mol. The van der Waals surface area contributed by atoms with Gasteiger partial charge in [-0.05, 0) is 26.7 Å². The second-order valence-electron chi connectivity index (χ2n) is 3.30. The van der Waals surface area contributed by atoms with E-state index < -0.39 is 0 Å². The largest absolute Gasteiger partial charge is 0.328 e. The van der Waals surface area contributed by atoms with E-state index in [9.17, 15) is 0 Å². The molecule has 1 heterocycles. The molecule has 1 rings (SSSR count). The molecular weight excluding hydrogens is 124 g/mol. The summed E-state index contributed by atoms with van der Waals surface area (Å²) in [5.41, 5.74) is 5.74. The highest BCUT2D eigenvalue weighted by molar-refractivity contribution is 4.83. The molecule has 0 aromatic rings. The van der Waals surface area contributed by atoms with Gasteiger partial charge in [0.1, 0.15) is 0 Å². The molecule has 2 heteroatoms. The Labute approximate surface area is 63.4 Å². The molecule has 2 nitrogen and oxygen atoms in total. The SMILES string of the molecule is CC(C)N1[CH]CC(N)CC1. The van der Waals surface area contributed by atoms with Crippen LogP contribution in [0.25, 0.3) is 0 Å². The molecule has 1 radical (unpaired) electrons. The maximum Gasteiger partial charge on any atom is 0.0269 e. The van der Waals surface area contributed by atoms with Crippen LogP contribution in [0.1, 0.15) is 26.7 Å². The predicted molar refractivity (Wildman–Crippen MR) is 43.4 cm³/mol. The van der Waals surface area contributed by atoms with Crippen molar-refractivity contribution in [3.05, 3.63) is 6.54 Å². The summed E-state index contributed by atoms with van der Waals surface area (Å²) in [6.07, 6.45) is 2.20. The molecule has 59 valence electrons. The van der Waals surface area contributed by atoms with Crippen molar-refractivity contribution in [3.8, 4) is 0 Å². The maximum absolute atomic E-state index is 5.74. The van der Waals surface area contributed by atoms with Gasteiger partial charge in [0.2, 0.25) is 0 Å². The first-order valence-corrected chi connectivity index (χ1v) is 4.05. The van der Waals surface area contributed by atoms with Crippen molar-refractivity contribution in [1.82, 2.24) is 4.90 Å². The highest BCUT2D eigenvalue weighted by Crippen LogP contribution is 2.14. The summed E-state index contributed by atoms with van der Waals surface area (Å²) in [5.74, 6) is 0. The molecule has 0 aromatic carbocycles. The van der Waals surface area contributed by atoms with Crippen LogP contribution in [0.4, 0.5) is 0 Å². The third kappa shape index (κ3) is 1.96. The molecular formula is C8H17N2. The molecule has 1 unspecified atom stereocenters. The summed E-state index contributed by atoms with van der Waals surface area (Å²) >= 11 is 0. The van der Waals surface area contributed by atoms with Gasteiger partial charge in [0.25, 0.3) is 0 Å². The lowest BCUT2D eigenvalue weighted by Gasteiger charge is -2.32. The summed E-state index contributed by atoms with van der Waals surface area (Å²) < 4.78 is 0. The van der Waals surface area contributed by atoms with E-state index in [1.807, 2.05) is 0 Å². The van der Waals surface area contributed by atoms with Gasteiger partial charge in [-0.25, -0.2) is 0 Å². The first-order chi connectivity index (χ1) is 4.70. The van der Waals surface area contributed by atoms with Crippen LogP contribution < -0.4 is 5.73 Å². The smallest absolute Gasteiger partial charge is 0.0269 e. The van der Waals surface area contributed by atoms with E-state index in [1.165, 1.54) is 0 Å². The van der Waals surface area contributed by atoms with Gasteiger partial charge < -0.3 is 5.73 Å². The zero-order chi connectivity index (χ0) is 7.56. The predicted octanol–water partition coefficient (Wildman–Crippen LogP) is 0.980. The van der Waals surface area contributed by atoms with Gasteiger partial charge in [-0.3, -0.25) is 4.90 Å². The summed E-state index contributed by atoms with van der Waals surface area (Å²) in [6.45, 7) is 7.80. The van der Waals surface area contributed by atoms with Crippen molar-refractivity contribution < 1.29 is 0 Å². The lowest BCUT2D eigenvalue weighted by atomic mass is 10.1. The summed E-state index contributed by atoms with van der Waals surface area (Å²) in [5, 5.41) is 0. The summed E-state index contributed by atoms with van der Waals surface area (Å²) in [7, 11) is 0. The normalized spacial score (nSPS) is 24.0. The topological polar surface area (TPSA) is 29.3 Å². The molecule has 0 bridgehead atoms. The number of likely N-dealkylation sites (tertiary alicyclic amines) is 1. The zero-order valence-electron chi connectivity index (χ0n) is 6.88. The van der Waals surface area contributed by atoms with Crippen LogP contribution in [-0.4, -0.2) is 23.5 Å². The number of nitrogens with zero attached hydrogens (tertiary/aromatic N) is 1. The molecule has 1 aliphatic heterocycles. The Balaban J connectivity index is 2.26. The van der Waals surface area contributed by atoms with Gasteiger partial charge >= 0.3 is 0 Å². The maximum atomic E-state index is 5.74. The van der Waals surface area contributed by atoms with Crippen LogP contribution in [0.5, 0.6) is 0 Å². The zero-order valence-corrected chi connectivity index (χ0v) is 6.88. The highest BCUT2D eigenvalue weighted by atomic mass is 15.2. The Morgan fingerprint density at radius 3 is 2.70 bits per heavy atom. The van der Waals surface area contributed by atoms with E-state index in [-0.39, 0.29) is 0 Å². The third-order valence-corrected chi connectivity index (χ3v) is 2.06. The quantitative estimate of drug-likeness (QED) is 0.590. The second kappa shape index (κ2) is 3.35. The van der Waals surface area contributed by atoms with Gasteiger partial charge in [0, 0.05) is 25.2 Å². The fraction of sp³-hybridized carbons (Fsp3) is 0.875. The Bertz CT molecular complexity index is 93.4. The number of hydrogen-bond acceptors (Lipinski definition) is 2. The molecule has 0 saturated carbocycles. The first kappa shape index (κ1) is 8.02. The lowest BCUT2D eigenvalue weighted by Crippen LogP contribution is -2.39. The monoisotopic (exact) mass is 141 g/mol. The number of nitrogens with two attached hydrogens (primary N) is 1. The van der Waals surface area contributed by atoms with Crippen molar-refractivity contribution >= 4 is 0 Å². The molecule has 1 aliphatic rings. The third-order valence-electron chi connectivity index (χ3n) is 2.06. The minimum atomic E-state index is 0.412. The fourth-order valence-corrected chi connectivity index (χ4v) is 1.26. The Kier molecular flexibility index (Phi) is 2.69. The van der Waals surface area contributed by atoms with Crippen molar-refractivity contribution in [2.75, 3.05) is 6.54 Å². The standard InChI is InChI=1S/C8H17N2/c1-7(2)10-5-3-8(9)4-6-10/h5,7-8H,3-4,6,9H2,1-2H3. The molecule has 0 aromatic heterocycles. The minimum Gasteiger partial charge on any atom is -0.328 e. The van der Waals surface area contributed by atoms with Gasteiger partial charge in [-0.15, -0.1) is 0 Å². The Morgan fingerprint density at radius 2 is 2.30 bits per heavy atom. The van der Waals surface area contributed by atoms with E-state index in [1.54, 1.807) is 0 Å². The summed E-state index contributed by atoms with van der Waals surface area (Å²) in [6, 6.07) is 1.06. The Morgan fingerprint density at radius 1 is 1.60 bits per heavy atom. The molecule has 1 atom stereocenters. The number of piperidine rings is 1. The van der Waals surface area contributed by atoms with E-state index in [0.717, 1.165) is 19.4 Å². The highest BCUT2D eigenvalue weighted by Gasteiger charge is 2.17. The van der Waals surface area contributed by atoms with Crippen molar-refractivity contribution in [2.45, 2.75) is 38.8 Å². The molecule has 2 N–H and O–H groups in total. The molecule has 0 spiro atoms. The minimum absolute atomic E-state index is 0.412. The molecule has 1 fully saturated rings. The average Bonchev–Trinajstić information content (AvgIpc) is 1.88. The van der Waals surface area contributed by atoms with Crippen LogP contribution >= 0.6 is 0 Å². The molecule has 10 heavy (non-hydrogen) atoms. The van der Waals surface area contributed by atoms with Crippen LogP contribution in [0.3, 0.4) is 0 Å². The van der Waals surface area contributed by atoms with E-state index in [4.69, 9.17) is 5.73 Å². The van der Waals surface area contributed by atoms with Crippen LogP contribution in [-0.2, 0) is 0 Å². The molecule has 0 aliphatic carbocycles. The van der Waals surface area contributed by atoms with Gasteiger partial charge in [0.15, 0.2) is 0 Å². The van der Waals surface area contributed by atoms with Crippen molar-refractivity contribution in [2.24, 2.45) is 5.73 Å². The first-order valence-electron chi connectivity index (χ1n) is 4.05. The van der Waals surface area contributed by atoms with Crippen LogP contribution in [0.2, 0.25) is 0 Å². The Hall–Kier alpha value is -0.0800. The number of rotatable bonds is 1. The van der Waals surface area contributed by atoms with Crippen molar-refractivity contribution in [3.63, 3.8) is 0 Å². The van der Waals surface area contributed by atoms with Crippen molar-refractivity contribution in [1.29, 1.82) is 0 Å². The van der Waals surface area contributed by atoms with E-state index >= 15 is 0 Å². The number of hydrogen-bond donors (Lipinski definition) is 1. The fourth-order valence-electron chi connectivity index (χ4n) is 1.26. The molecule has 0 amide bonds. The van der Waals surface area contributed by atoms with Crippen LogP contribution in [0, 0.1) is 6.54 Å². The van der Waals surface area contributed by atoms with Gasteiger partial charge in [0.05, 0.1) is 0 Å². The van der Waals surface area contributed by atoms with Gasteiger partial charge in [-0.1, -0.05) is 0 Å². The lowest BCUT2D eigenvalue weighted by molar-refractivity contribution is 0.220. The molecule has 1 saturated heterocycles.